The van der Waals surface area contributed by atoms with Crippen LogP contribution < -0.4 is 5.73 Å². The molecule has 0 spiro atoms. The van der Waals surface area contributed by atoms with Crippen molar-refractivity contribution in [2.45, 2.75) is 20.1 Å². The van der Waals surface area contributed by atoms with Crippen molar-refractivity contribution in [1.82, 2.24) is 4.57 Å². The number of anilines is 1. The minimum atomic E-state index is 0.609. The third-order valence-electron chi connectivity index (χ3n) is 2.66. The fourth-order valence-corrected chi connectivity index (χ4v) is 2.00. The number of benzene rings is 1. The second-order valence-corrected chi connectivity index (χ2v) is 3.61. The molecule has 3 nitrogen and oxygen atoms in total. The lowest BCUT2D eigenvalue weighted by molar-refractivity contribution is 0.186. The van der Waals surface area contributed by atoms with Gasteiger partial charge < -0.3 is 15.0 Å². The normalized spacial score (nSPS) is 11.1. The topological polar surface area (TPSA) is 40.2 Å². The number of rotatable bonds is 3. The zero-order valence-electron chi connectivity index (χ0n) is 9.16. The van der Waals surface area contributed by atoms with Crippen molar-refractivity contribution in [1.29, 1.82) is 0 Å². The van der Waals surface area contributed by atoms with Gasteiger partial charge in [-0.05, 0) is 19.1 Å². The molecule has 0 saturated carbocycles. The molecule has 1 aromatic carbocycles. The Bertz CT molecular complexity index is 474. The third kappa shape index (κ3) is 1.59. The molecule has 2 rings (SSSR count). The van der Waals surface area contributed by atoms with E-state index < -0.39 is 0 Å². The predicted molar refractivity (Wildman–Crippen MR) is 62.7 cm³/mol. The van der Waals surface area contributed by atoms with E-state index in [0.29, 0.717) is 6.61 Å². The summed E-state index contributed by atoms with van der Waals surface area (Å²) in [6.07, 6.45) is 2.12. The lowest BCUT2D eigenvalue weighted by Crippen LogP contribution is -1.91. The lowest BCUT2D eigenvalue weighted by Gasteiger charge is -2.01. The van der Waals surface area contributed by atoms with Crippen LogP contribution in [0.3, 0.4) is 0 Å². The van der Waals surface area contributed by atoms with Gasteiger partial charge in [-0.25, -0.2) is 0 Å². The van der Waals surface area contributed by atoms with Gasteiger partial charge in [0.05, 0.1) is 12.1 Å². The second-order valence-electron chi connectivity index (χ2n) is 3.61. The summed E-state index contributed by atoms with van der Waals surface area (Å²) in [5.41, 5.74) is 9.16. The molecule has 0 aliphatic carbocycles. The number of ether oxygens (including phenoxy) is 1. The minimum absolute atomic E-state index is 0.609. The molecule has 0 amide bonds. The Hall–Kier alpha value is -1.48. The number of aromatic nitrogens is 1. The molecule has 80 valence electrons. The third-order valence-corrected chi connectivity index (χ3v) is 2.66. The summed E-state index contributed by atoms with van der Waals surface area (Å²) in [6.45, 7) is 3.68. The summed E-state index contributed by atoms with van der Waals surface area (Å²) in [5.74, 6) is 0. The molecule has 0 aliphatic heterocycles. The van der Waals surface area contributed by atoms with Crippen LogP contribution in [-0.2, 0) is 17.9 Å². The van der Waals surface area contributed by atoms with E-state index in [1.54, 1.807) is 7.11 Å². The Kier molecular flexibility index (Phi) is 2.64. The molecule has 1 heterocycles. The van der Waals surface area contributed by atoms with Crippen molar-refractivity contribution in [3.63, 3.8) is 0 Å². The number of hydrogen-bond donors (Lipinski definition) is 1. The van der Waals surface area contributed by atoms with Gasteiger partial charge >= 0.3 is 0 Å². The van der Waals surface area contributed by atoms with Crippen LogP contribution in [0, 0.1) is 0 Å². The molecular weight excluding hydrogens is 188 g/mol. The molecule has 1 aromatic heterocycles. The minimum Gasteiger partial charge on any atom is -0.398 e. The Balaban J connectivity index is 2.70. The fourth-order valence-electron chi connectivity index (χ4n) is 2.00. The van der Waals surface area contributed by atoms with Gasteiger partial charge in [-0.2, -0.15) is 0 Å². The Labute approximate surface area is 89.4 Å². The summed E-state index contributed by atoms with van der Waals surface area (Å²) < 4.78 is 7.37. The summed E-state index contributed by atoms with van der Waals surface area (Å²) in [5, 5.41) is 1.13. The van der Waals surface area contributed by atoms with E-state index in [1.165, 1.54) is 5.52 Å². The smallest absolute Gasteiger partial charge is 0.0734 e. The van der Waals surface area contributed by atoms with Gasteiger partial charge in [0.15, 0.2) is 0 Å². The van der Waals surface area contributed by atoms with Gasteiger partial charge in [-0.15, -0.1) is 0 Å². The first kappa shape index (κ1) is 10.1. The number of nitrogens with two attached hydrogens (primary N) is 1. The zero-order valence-corrected chi connectivity index (χ0v) is 9.16. The molecule has 2 N–H and O–H groups in total. The standard InChI is InChI=1S/C12H16N2O/c1-3-14-7-9(8-15-2)12-10(13)5-4-6-11(12)14/h4-7H,3,8,13H2,1-2H3. The molecular formula is C12H16N2O. The molecule has 0 aliphatic rings. The van der Waals surface area contributed by atoms with Crippen LogP contribution >= 0.6 is 0 Å². The number of hydrogen-bond acceptors (Lipinski definition) is 2. The Morgan fingerprint density at radius 3 is 2.87 bits per heavy atom. The van der Waals surface area contributed by atoms with Crippen molar-refractivity contribution in [2.24, 2.45) is 0 Å². The van der Waals surface area contributed by atoms with Gasteiger partial charge in [0.25, 0.3) is 0 Å². The highest BCUT2D eigenvalue weighted by molar-refractivity contribution is 5.94. The molecule has 0 bridgehead atoms. The number of fused-ring (bicyclic) bond motifs is 1. The van der Waals surface area contributed by atoms with Gasteiger partial charge in [0.2, 0.25) is 0 Å². The number of nitrogen functional groups attached to an aromatic ring is 1. The zero-order chi connectivity index (χ0) is 10.8. The highest BCUT2D eigenvalue weighted by Crippen LogP contribution is 2.27. The average molecular weight is 204 g/mol. The first-order valence-corrected chi connectivity index (χ1v) is 5.13. The van der Waals surface area contributed by atoms with Crippen LogP contribution in [0.1, 0.15) is 12.5 Å². The van der Waals surface area contributed by atoms with Crippen molar-refractivity contribution < 1.29 is 4.74 Å². The summed E-state index contributed by atoms with van der Waals surface area (Å²) >= 11 is 0. The molecule has 3 heteroatoms. The molecule has 0 fully saturated rings. The van der Waals surface area contributed by atoms with Crippen molar-refractivity contribution in [3.8, 4) is 0 Å². The maximum absolute atomic E-state index is 5.99. The van der Waals surface area contributed by atoms with E-state index in [2.05, 4.69) is 23.8 Å². The highest BCUT2D eigenvalue weighted by Gasteiger charge is 2.09. The largest absolute Gasteiger partial charge is 0.398 e. The lowest BCUT2D eigenvalue weighted by atomic mass is 10.1. The summed E-state index contributed by atoms with van der Waals surface area (Å²) in [6, 6.07) is 6.01. The highest BCUT2D eigenvalue weighted by atomic mass is 16.5. The maximum Gasteiger partial charge on any atom is 0.0734 e. The first-order chi connectivity index (χ1) is 7.27. The number of nitrogens with zero attached hydrogens (tertiary/aromatic N) is 1. The molecule has 0 unspecified atom stereocenters. The number of aryl methyl sites for hydroxylation is 1. The van der Waals surface area contributed by atoms with Crippen LogP contribution in [0.2, 0.25) is 0 Å². The van der Waals surface area contributed by atoms with Gasteiger partial charge in [0.1, 0.15) is 0 Å². The van der Waals surface area contributed by atoms with E-state index in [4.69, 9.17) is 10.5 Å². The Morgan fingerprint density at radius 1 is 1.40 bits per heavy atom. The van der Waals surface area contributed by atoms with Crippen molar-refractivity contribution in [3.05, 3.63) is 30.0 Å². The molecule has 0 radical (unpaired) electrons. The molecule has 2 aromatic rings. The quantitative estimate of drug-likeness (QED) is 0.780. The van der Waals surface area contributed by atoms with Crippen molar-refractivity contribution >= 4 is 16.6 Å². The predicted octanol–water partition coefficient (Wildman–Crippen LogP) is 2.39. The molecule has 15 heavy (non-hydrogen) atoms. The van der Waals surface area contributed by atoms with Gasteiger partial charge in [-0.3, -0.25) is 0 Å². The van der Waals surface area contributed by atoms with Gasteiger partial charge in [-0.1, -0.05) is 6.07 Å². The van der Waals surface area contributed by atoms with E-state index in [-0.39, 0.29) is 0 Å². The van der Waals surface area contributed by atoms with Crippen LogP contribution in [0.5, 0.6) is 0 Å². The number of methoxy groups -OCH3 is 1. The van der Waals surface area contributed by atoms with Crippen LogP contribution in [-0.4, -0.2) is 11.7 Å². The van der Waals surface area contributed by atoms with Gasteiger partial charge in [0, 0.05) is 36.5 Å². The molecule has 0 saturated heterocycles. The molecule has 0 atom stereocenters. The second kappa shape index (κ2) is 3.95. The van der Waals surface area contributed by atoms with E-state index >= 15 is 0 Å². The van der Waals surface area contributed by atoms with E-state index in [9.17, 15) is 0 Å². The van der Waals surface area contributed by atoms with E-state index in [0.717, 1.165) is 23.2 Å². The summed E-state index contributed by atoms with van der Waals surface area (Å²) in [7, 11) is 1.70. The van der Waals surface area contributed by atoms with Crippen molar-refractivity contribution in [2.75, 3.05) is 12.8 Å². The average Bonchev–Trinajstić information content (AvgIpc) is 2.59. The SMILES string of the molecule is CCn1cc(COC)c2c(N)cccc21. The fraction of sp³-hybridized carbons (Fsp3) is 0.333. The van der Waals surface area contributed by atoms with Crippen LogP contribution in [0.25, 0.3) is 10.9 Å². The first-order valence-electron chi connectivity index (χ1n) is 5.13. The van der Waals surface area contributed by atoms with E-state index in [1.807, 2.05) is 12.1 Å². The van der Waals surface area contributed by atoms with Crippen LogP contribution in [0.4, 0.5) is 5.69 Å². The summed E-state index contributed by atoms with van der Waals surface area (Å²) in [4.78, 5) is 0. The Morgan fingerprint density at radius 2 is 2.20 bits per heavy atom. The van der Waals surface area contributed by atoms with Crippen LogP contribution in [0.15, 0.2) is 24.4 Å². The monoisotopic (exact) mass is 204 g/mol. The maximum atomic E-state index is 5.99.